The number of anilines is 1. The summed E-state index contributed by atoms with van der Waals surface area (Å²) in [5.41, 5.74) is 6.72. The average Bonchev–Trinajstić information content (AvgIpc) is 2.54. The predicted octanol–water partition coefficient (Wildman–Crippen LogP) is 1.60. The SMILES string of the molecule is Nc1ncc(C2CCCSC2)[nH]1. The van der Waals surface area contributed by atoms with E-state index < -0.39 is 0 Å². The molecule has 1 unspecified atom stereocenters. The van der Waals surface area contributed by atoms with Gasteiger partial charge in [-0.25, -0.2) is 4.98 Å². The maximum Gasteiger partial charge on any atom is 0.197 e. The van der Waals surface area contributed by atoms with Crippen LogP contribution in [0.1, 0.15) is 24.5 Å². The van der Waals surface area contributed by atoms with Crippen LogP contribution in [0.4, 0.5) is 5.95 Å². The number of imidazole rings is 1. The summed E-state index contributed by atoms with van der Waals surface area (Å²) in [7, 11) is 0. The summed E-state index contributed by atoms with van der Waals surface area (Å²) in [6.07, 6.45) is 4.45. The molecular formula is C8H13N3S. The highest BCUT2D eigenvalue weighted by Crippen LogP contribution is 2.30. The van der Waals surface area contributed by atoms with Crippen molar-refractivity contribution >= 4 is 17.7 Å². The third-order valence-corrected chi connectivity index (χ3v) is 3.43. The number of aromatic amines is 1. The molecule has 2 heterocycles. The number of thioether (sulfide) groups is 1. The first kappa shape index (κ1) is 7.98. The maximum atomic E-state index is 5.51. The Morgan fingerprint density at radius 2 is 2.58 bits per heavy atom. The van der Waals surface area contributed by atoms with Crippen LogP contribution in [-0.4, -0.2) is 21.5 Å². The molecule has 3 nitrogen and oxygen atoms in total. The molecule has 66 valence electrons. The monoisotopic (exact) mass is 183 g/mol. The Morgan fingerprint density at radius 1 is 1.67 bits per heavy atom. The summed E-state index contributed by atoms with van der Waals surface area (Å²) in [6.45, 7) is 0. The Kier molecular flexibility index (Phi) is 2.26. The van der Waals surface area contributed by atoms with E-state index in [0.29, 0.717) is 11.9 Å². The number of hydrogen-bond acceptors (Lipinski definition) is 3. The fourth-order valence-corrected chi connectivity index (χ4v) is 2.71. The Labute approximate surface area is 76.1 Å². The van der Waals surface area contributed by atoms with Crippen molar-refractivity contribution in [3.8, 4) is 0 Å². The molecule has 1 aliphatic rings. The molecule has 1 saturated heterocycles. The Hall–Kier alpha value is -0.640. The Balaban J connectivity index is 2.08. The highest BCUT2D eigenvalue weighted by Gasteiger charge is 2.17. The van der Waals surface area contributed by atoms with Gasteiger partial charge in [-0.05, 0) is 18.6 Å². The second-order valence-corrected chi connectivity index (χ2v) is 4.29. The smallest absolute Gasteiger partial charge is 0.197 e. The van der Waals surface area contributed by atoms with Crippen LogP contribution >= 0.6 is 11.8 Å². The predicted molar refractivity (Wildman–Crippen MR) is 52.3 cm³/mol. The summed E-state index contributed by atoms with van der Waals surface area (Å²) in [5.74, 6) is 3.70. The lowest BCUT2D eigenvalue weighted by atomic mass is 10.0. The second kappa shape index (κ2) is 3.39. The number of aromatic nitrogens is 2. The van der Waals surface area contributed by atoms with E-state index in [2.05, 4.69) is 9.97 Å². The fourth-order valence-electron chi connectivity index (χ4n) is 1.54. The maximum absolute atomic E-state index is 5.51. The van der Waals surface area contributed by atoms with Gasteiger partial charge in [0.2, 0.25) is 0 Å². The van der Waals surface area contributed by atoms with Crippen LogP contribution in [-0.2, 0) is 0 Å². The van der Waals surface area contributed by atoms with Crippen LogP contribution in [0.15, 0.2) is 6.20 Å². The number of nitrogens with two attached hydrogens (primary N) is 1. The van der Waals surface area contributed by atoms with Crippen molar-refractivity contribution in [2.45, 2.75) is 18.8 Å². The van der Waals surface area contributed by atoms with Crippen LogP contribution in [0.25, 0.3) is 0 Å². The first-order valence-corrected chi connectivity index (χ1v) is 5.40. The molecule has 1 atom stereocenters. The zero-order chi connectivity index (χ0) is 8.39. The van der Waals surface area contributed by atoms with E-state index in [0.717, 1.165) is 0 Å². The lowest BCUT2D eigenvalue weighted by molar-refractivity contribution is 0.647. The molecule has 2 rings (SSSR count). The molecule has 0 aromatic carbocycles. The minimum absolute atomic E-state index is 0.542. The molecule has 0 saturated carbocycles. The van der Waals surface area contributed by atoms with Crippen molar-refractivity contribution < 1.29 is 0 Å². The minimum atomic E-state index is 0.542. The molecule has 1 fully saturated rings. The van der Waals surface area contributed by atoms with Crippen LogP contribution in [0.3, 0.4) is 0 Å². The number of nitrogens with one attached hydrogen (secondary N) is 1. The van der Waals surface area contributed by atoms with E-state index in [4.69, 9.17) is 5.73 Å². The minimum Gasteiger partial charge on any atom is -0.369 e. The Bertz CT molecular complexity index is 253. The first-order valence-electron chi connectivity index (χ1n) is 4.24. The van der Waals surface area contributed by atoms with E-state index in [9.17, 15) is 0 Å². The van der Waals surface area contributed by atoms with Gasteiger partial charge in [0.1, 0.15) is 0 Å². The summed E-state index contributed by atoms with van der Waals surface area (Å²) in [5, 5.41) is 0. The van der Waals surface area contributed by atoms with Crippen LogP contribution < -0.4 is 5.73 Å². The topological polar surface area (TPSA) is 54.7 Å². The zero-order valence-electron chi connectivity index (χ0n) is 6.92. The van der Waals surface area contributed by atoms with Gasteiger partial charge < -0.3 is 10.7 Å². The number of hydrogen-bond donors (Lipinski definition) is 2. The molecule has 12 heavy (non-hydrogen) atoms. The van der Waals surface area contributed by atoms with Gasteiger partial charge in [-0.15, -0.1) is 0 Å². The van der Waals surface area contributed by atoms with E-state index in [1.54, 1.807) is 0 Å². The molecule has 1 aromatic rings. The molecule has 0 amide bonds. The van der Waals surface area contributed by atoms with Gasteiger partial charge in [0.25, 0.3) is 0 Å². The Morgan fingerprint density at radius 3 is 3.17 bits per heavy atom. The summed E-state index contributed by atoms with van der Waals surface area (Å²) < 4.78 is 0. The van der Waals surface area contributed by atoms with Gasteiger partial charge in [-0.3, -0.25) is 0 Å². The largest absolute Gasteiger partial charge is 0.369 e. The number of rotatable bonds is 1. The number of nitrogens with zero attached hydrogens (tertiary/aromatic N) is 1. The van der Waals surface area contributed by atoms with E-state index >= 15 is 0 Å². The third kappa shape index (κ3) is 1.58. The molecule has 0 radical (unpaired) electrons. The van der Waals surface area contributed by atoms with Gasteiger partial charge in [0.05, 0.1) is 6.20 Å². The van der Waals surface area contributed by atoms with Gasteiger partial charge in [0, 0.05) is 17.4 Å². The van der Waals surface area contributed by atoms with Crippen LogP contribution in [0.2, 0.25) is 0 Å². The first-order chi connectivity index (χ1) is 5.86. The van der Waals surface area contributed by atoms with Gasteiger partial charge in [-0.2, -0.15) is 11.8 Å². The molecule has 3 N–H and O–H groups in total. The third-order valence-electron chi connectivity index (χ3n) is 2.22. The van der Waals surface area contributed by atoms with Crippen molar-refractivity contribution in [2.75, 3.05) is 17.2 Å². The van der Waals surface area contributed by atoms with E-state index in [1.165, 1.54) is 30.0 Å². The summed E-state index contributed by atoms with van der Waals surface area (Å²) >= 11 is 2.02. The summed E-state index contributed by atoms with van der Waals surface area (Å²) in [4.78, 5) is 7.10. The number of H-pyrrole nitrogens is 1. The van der Waals surface area contributed by atoms with Crippen molar-refractivity contribution in [1.29, 1.82) is 0 Å². The normalized spacial score (nSPS) is 24.2. The average molecular weight is 183 g/mol. The van der Waals surface area contributed by atoms with Crippen molar-refractivity contribution in [2.24, 2.45) is 0 Å². The molecule has 1 aromatic heterocycles. The van der Waals surface area contributed by atoms with E-state index in [1.807, 2.05) is 18.0 Å². The van der Waals surface area contributed by atoms with Gasteiger partial charge in [-0.1, -0.05) is 0 Å². The van der Waals surface area contributed by atoms with Gasteiger partial charge >= 0.3 is 0 Å². The summed E-state index contributed by atoms with van der Waals surface area (Å²) in [6, 6.07) is 0. The zero-order valence-corrected chi connectivity index (χ0v) is 7.73. The lowest BCUT2D eigenvalue weighted by Crippen LogP contribution is -2.08. The standard InChI is InChI=1S/C8H13N3S/c9-8-10-4-7(11-8)6-2-1-3-12-5-6/h4,6H,1-3,5H2,(H3,9,10,11). The van der Waals surface area contributed by atoms with Gasteiger partial charge in [0.15, 0.2) is 5.95 Å². The highest BCUT2D eigenvalue weighted by atomic mass is 32.2. The molecule has 1 aliphatic heterocycles. The van der Waals surface area contributed by atoms with Crippen molar-refractivity contribution in [3.05, 3.63) is 11.9 Å². The lowest BCUT2D eigenvalue weighted by Gasteiger charge is -2.19. The molecular weight excluding hydrogens is 170 g/mol. The molecule has 0 aliphatic carbocycles. The fraction of sp³-hybridized carbons (Fsp3) is 0.625. The second-order valence-electron chi connectivity index (χ2n) is 3.14. The highest BCUT2D eigenvalue weighted by molar-refractivity contribution is 7.99. The molecule has 0 spiro atoms. The quantitative estimate of drug-likeness (QED) is 0.695. The molecule has 0 bridgehead atoms. The van der Waals surface area contributed by atoms with Crippen molar-refractivity contribution in [1.82, 2.24) is 9.97 Å². The van der Waals surface area contributed by atoms with Crippen molar-refractivity contribution in [3.63, 3.8) is 0 Å². The van der Waals surface area contributed by atoms with Crippen LogP contribution in [0, 0.1) is 0 Å². The molecule has 4 heteroatoms. The van der Waals surface area contributed by atoms with E-state index in [-0.39, 0.29) is 0 Å². The van der Waals surface area contributed by atoms with Crippen LogP contribution in [0.5, 0.6) is 0 Å². The number of nitrogen functional groups attached to an aromatic ring is 1.